The van der Waals surface area contributed by atoms with Crippen LogP contribution in [-0.4, -0.2) is 43.7 Å². The third-order valence-electron chi connectivity index (χ3n) is 3.61. The molecule has 1 heterocycles. The molecule has 1 aromatic carbocycles. The maximum Gasteiger partial charge on any atom is 0.251 e. The molecule has 1 unspecified atom stereocenters. The summed E-state index contributed by atoms with van der Waals surface area (Å²) in [7, 11) is 0. The van der Waals surface area contributed by atoms with E-state index in [4.69, 9.17) is 4.74 Å². The van der Waals surface area contributed by atoms with Crippen LogP contribution in [0.5, 0.6) is 0 Å². The number of aryl methyl sites for hydroxylation is 1. The Morgan fingerprint density at radius 2 is 2.17 bits per heavy atom. The van der Waals surface area contributed by atoms with E-state index in [1.165, 1.54) is 0 Å². The van der Waals surface area contributed by atoms with Crippen LogP contribution in [0.25, 0.3) is 0 Å². The van der Waals surface area contributed by atoms with Gasteiger partial charge >= 0.3 is 0 Å². The lowest BCUT2D eigenvalue weighted by atomic mass is 10.1. The summed E-state index contributed by atoms with van der Waals surface area (Å²) < 4.78 is 5.34. The molecule has 0 saturated carbocycles. The highest BCUT2D eigenvalue weighted by Gasteiger charge is 2.17. The van der Waals surface area contributed by atoms with Crippen LogP contribution >= 0.6 is 0 Å². The van der Waals surface area contributed by atoms with E-state index in [2.05, 4.69) is 16.0 Å². The van der Waals surface area contributed by atoms with E-state index in [-0.39, 0.29) is 23.9 Å². The van der Waals surface area contributed by atoms with Gasteiger partial charge in [0.2, 0.25) is 5.91 Å². The van der Waals surface area contributed by atoms with E-state index < -0.39 is 0 Å². The topological polar surface area (TPSA) is 79.5 Å². The van der Waals surface area contributed by atoms with Crippen LogP contribution in [0.1, 0.15) is 36.2 Å². The van der Waals surface area contributed by atoms with Crippen molar-refractivity contribution >= 4 is 17.5 Å². The first-order chi connectivity index (χ1) is 11.0. The molecule has 1 aromatic rings. The molecule has 126 valence electrons. The summed E-state index contributed by atoms with van der Waals surface area (Å²) >= 11 is 0. The van der Waals surface area contributed by atoms with E-state index in [1.807, 2.05) is 20.8 Å². The van der Waals surface area contributed by atoms with Crippen LogP contribution in [0.15, 0.2) is 18.2 Å². The van der Waals surface area contributed by atoms with Gasteiger partial charge in [-0.05, 0) is 44.5 Å². The van der Waals surface area contributed by atoms with Gasteiger partial charge in [-0.3, -0.25) is 9.59 Å². The normalized spacial score (nSPS) is 17.8. The van der Waals surface area contributed by atoms with E-state index in [0.717, 1.165) is 17.8 Å². The average Bonchev–Trinajstić information content (AvgIpc) is 2.49. The Morgan fingerprint density at radius 3 is 2.78 bits per heavy atom. The molecule has 1 atom stereocenters. The van der Waals surface area contributed by atoms with Gasteiger partial charge in [0.25, 0.3) is 5.91 Å². The smallest absolute Gasteiger partial charge is 0.251 e. The van der Waals surface area contributed by atoms with E-state index in [1.54, 1.807) is 18.2 Å². The standard InChI is InChI=1S/C17H25N3O3/c1-11(2)19-17(22)13-4-5-15(12(3)8-13)20-16(21)9-14-10-23-7-6-18-14/h4-5,8,11,14,18H,6-7,9-10H2,1-3H3,(H,19,22)(H,20,21). The number of ether oxygens (including phenoxy) is 1. The first kappa shape index (κ1) is 17.4. The van der Waals surface area contributed by atoms with Crippen molar-refractivity contribution in [2.24, 2.45) is 0 Å². The predicted octanol–water partition coefficient (Wildman–Crippen LogP) is 1.45. The number of benzene rings is 1. The Hall–Kier alpha value is -1.92. The summed E-state index contributed by atoms with van der Waals surface area (Å²) in [4.78, 5) is 24.1. The van der Waals surface area contributed by atoms with Gasteiger partial charge in [-0.25, -0.2) is 0 Å². The van der Waals surface area contributed by atoms with Crippen molar-refractivity contribution in [3.63, 3.8) is 0 Å². The second kappa shape index (κ2) is 8.08. The molecule has 6 nitrogen and oxygen atoms in total. The molecular formula is C17H25N3O3. The highest BCUT2D eigenvalue weighted by atomic mass is 16.5. The average molecular weight is 319 g/mol. The van der Waals surface area contributed by atoms with Crippen LogP contribution in [-0.2, 0) is 9.53 Å². The molecule has 6 heteroatoms. The zero-order valence-corrected chi connectivity index (χ0v) is 13.9. The molecule has 1 aliphatic heterocycles. The summed E-state index contributed by atoms with van der Waals surface area (Å²) in [5, 5.41) is 9.00. The fraction of sp³-hybridized carbons (Fsp3) is 0.529. The number of nitrogens with one attached hydrogen (secondary N) is 3. The predicted molar refractivity (Wildman–Crippen MR) is 89.6 cm³/mol. The molecule has 1 fully saturated rings. The number of hydrogen-bond acceptors (Lipinski definition) is 4. The summed E-state index contributed by atoms with van der Waals surface area (Å²) in [6.07, 6.45) is 0.370. The first-order valence-electron chi connectivity index (χ1n) is 7.98. The molecule has 2 rings (SSSR count). The number of morpholine rings is 1. The number of rotatable bonds is 5. The maximum absolute atomic E-state index is 12.1. The van der Waals surface area contributed by atoms with Gasteiger partial charge in [0.05, 0.1) is 13.2 Å². The van der Waals surface area contributed by atoms with Crippen molar-refractivity contribution in [1.29, 1.82) is 0 Å². The SMILES string of the molecule is Cc1cc(C(=O)NC(C)C)ccc1NC(=O)CC1COCCN1. The molecule has 1 aliphatic rings. The highest BCUT2D eigenvalue weighted by Crippen LogP contribution is 2.17. The molecule has 0 bridgehead atoms. The van der Waals surface area contributed by atoms with Gasteiger partial charge in [0, 0.05) is 36.3 Å². The second-order valence-electron chi connectivity index (χ2n) is 6.14. The maximum atomic E-state index is 12.1. The fourth-order valence-corrected chi connectivity index (χ4v) is 2.47. The van der Waals surface area contributed by atoms with E-state index >= 15 is 0 Å². The van der Waals surface area contributed by atoms with Crippen molar-refractivity contribution in [3.05, 3.63) is 29.3 Å². The molecule has 1 saturated heterocycles. The van der Waals surface area contributed by atoms with Crippen LogP contribution < -0.4 is 16.0 Å². The quantitative estimate of drug-likeness (QED) is 0.767. The number of hydrogen-bond donors (Lipinski definition) is 3. The monoisotopic (exact) mass is 319 g/mol. The van der Waals surface area contributed by atoms with Crippen molar-refractivity contribution in [2.45, 2.75) is 39.3 Å². The molecule has 2 amide bonds. The van der Waals surface area contributed by atoms with Crippen LogP contribution in [0.4, 0.5) is 5.69 Å². The number of amides is 2. The van der Waals surface area contributed by atoms with Crippen molar-refractivity contribution < 1.29 is 14.3 Å². The number of carbonyl (C=O) groups excluding carboxylic acids is 2. The van der Waals surface area contributed by atoms with Gasteiger partial charge in [-0.1, -0.05) is 0 Å². The molecular weight excluding hydrogens is 294 g/mol. The largest absolute Gasteiger partial charge is 0.378 e. The van der Waals surface area contributed by atoms with Gasteiger partial charge < -0.3 is 20.7 Å². The molecule has 0 spiro atoms. The Bertz CT molecular complexity index is 566. The molecule has 0 radical (unpaired) electrons. The summed E-state index contributed by atoms with van der Waals surface area (Å²) in [6, 6.07) is 5.43. The zero-order valence-electron chi connectivity index (χ0n) is 13.9. The molecule has 0 aliphatic carbocycles. The van der Waals surface area contributed by atoms with E-state index in [0.29, 0.717) is 25.2 Å². The Kier molecular flexibility index (Phi) is 6.12. The Balaban J connectivity index is 1.94. The fourth-order valence-electron chi connectivity index (χ4n) is 2.47. The van der Waals surface area contributed by atoms with Crippen LogP contribution in [0, 0.1) is 6.92 Å². The van der Waals surface area contributed by atoms with Crippen LogP contribution in [0.2, 0.25) is 0 Å². The lowest BCUT2D eigenvalue weighted by Gasteiger charge is -2.23. The van der Waals surface area contributed by atoms with Gasteiger partial charge in [-0.2, -0.15) is 0 Å². The summed E-state index contributed by atoms with van der Waals surface area (Å²) in [6.45, 7) is 7.74. The number of anilines is 1. The van der Waals surface area contributed by atoms with Gasteiger partial charge in [-0.15, -0.1) is 0 Å². The second-order valence-corrected chi connectivity index (χ2v) is 6.14. The molecule has 23 heavy (non-hydrogen) atoms. The van der Waals surface area contributed by atoms with Crippen LogP contribution in [0.3, 0.4) is 0 Å². The molecule has 3 N–H and O–H groups in total. The minimum Gasteiger partial charge on any atom is -0.378 e. The Morgan fingerprint density at radius 1 is 1.39 bits per heavy atom. The minimum absolute atomic E-state index is 0.0557. The lowest BCUT2D eigenvalue weighted by molar-refractivity contribution is -0.117. The van der Waals surface area contributed by atoms with Crippen molar-refractivity contribution in [2.75, 3.05) is 25.1 Å². The van der Waals surface area contributed by atoms with Crippen molar-refractivity contribution in [1.82, 2.24) is 10.6 Å². The summed E-state index contributed by atoms with van der Waals surface area (Å²) in [5.41, 5.74) is 2.19. The van der Waals surface area contributed by atoms with Gasteiger partial charge in [0.15, 0.2) is 0 Å². The number of carbonyl (C=O) groups is 2. The third-order valence-corrected chi connectivity index (χ3v) is 3.61. The van der Waals surface area contributed by atoms with E-state index in [9.17, 15) is 9.59 Å². The van der Waals surface area contributed by atoms with Gasteiger partial charge in [0.1, 0.15) is 0 Å². The Labute approximate surface area is 137 Å². The minimum atomic E-state index is -0.107. The van der Waals surface area contributed by atoms with Crippen molar-refractivity contribution in [3.8, 4) is 0 Å². The zero-order chi connectivity index (χ0) is 16.8. The first-order valence-corrected chi connectivity index (χ1v) is 7.98. The molecule has 0 aromatic heterocycles. The third kappa shape index (κ3) is 5.33. The lowest BCUT2D eigenvalue weighted by Crippen LogP contribution is -2.43. The highest BCUT2D eigenvalue weighted by molar-refractivity contribution is 5.96. The summed E-state index contributed by atoms with van der Waals surface area (Å²) in [5.74, 6) is -0.167.